The number of esters is 1. The summed E-state index contributed by atoms with van der Waals surface area (Å²) in [6.07, 6.45) is 6.59. The average molecular weight is 197 g/mol. The van der Waals surface area contributed by atoms with Gasteiger partial charge in [0.2, 0.25) is 0 Å². The summed E-state index contributed by atoms with van der Waals surface area (Å²) in [5.41, 5.74) is 0. The van der Waals surface area contributed by atoms with Crippen molar-refractivity contribution in [2.24, 2.45) is 11.8 Å². The minimum Gasteiger partial charge on any atom is -0.469 e. The Hall–Kier alpha value is -0.570. The topological polar surface area (TPSA) is 38.3 Å². The highest BCUT2D eigenvalue weighted by atomic mass is 16.5. The standard InChI is InChI=1S/C11H19NO2/c1-14-11(13)9-7-12-10(9)8-5-3-2-4-6-8/h8-10,12H,2-7H2,1H3. The Morgan fingerprint density at radius 1 is 1.29 bits per heavy atom. The van der Waals surface area contributed by atoms with Crippen molar-refractivity contribution in [3.63, 3.8) is 0 Å². The predicted molar refractivity (Wildman–Crippen MR) is 53.9 cm³/mol. The number of rotatable bonds is 2. The maximum atomic E-state index is 11.4. The van der Waals surface area contributed by atoms with E-state index in [1.54, 1.807) is 0 Å². The molecule has 1 N–H and O–H groups in total. The summed E-state index contributed by atoms with van der Waals surface area (Å²) in [7, 11) is 1.48. The van der Waals surface area contributed by atoms with Crippen LogP contribution in [0.3, 0.4) is 0 Å². The van der Waals surface area contributed by atoms with Gasteiger partial charge in [-0.1, -0.05) is 19.3 Å². The van der Waals surface area contributed by atoms with Crippen molar-refractivity contribution in [1.82, 2.24) is 5.32 Å². The van der Waals surface area contributed by atoms with Crippen molar-refractivity contribution >= 4 is 5.97 Å². The average Bonchev–Trinajstić information content (AvgIpc) is 2.17. The highest BCUT2D eigenvalue weighted by Crippen LogP contribution is 2.33. The molecule has 2 unspecified atom stereocenters. The minimum atomic E-state index is -0.0284. The quantitative estimate of drug-likeness (QED) is 0.679. The van der Waals surface area contributed by atoms with Crippen LogP contribution in [0.4, 0.5) is 0 Å². The first-order valence-corrected chi connectivity index (χ1v) is 5.64. The first-order valence-electron chi connectivity index (χ1n) is 5.64. The van der Waals surface area contributed by atoms with E-state index < -0.39 is 0 Å². The number of carbonyl (C=O) groups is 1. The van der Waals surface area contributed by atoms with Crippen molar-refractivity contribution in [3.05, 3.63) is 0 Å². The van der Waals surface area contributed by atoms with Gasteiger partial charge < -0.3 is 10.1 Å². The maximum Gasteiger partial charge on any atom is 0.311 e. The number of hydrogen-bond acceptors (Lipinski definition) is 3. The molecule has 3 nitrogen and oxygen atoms in total. The Morgan fingerprint density at radius 3 is 2.50 bits per heavy atom. The lowest BCUT2D eigenvalue weighted by Gasteiger charge is -2.42. The normalized spacial score (nSPS) is 33.5. The van der Waals surface area contributed by atoms with Crippen LogP contribution in [-0.2, 0) is 9.53 Å². The lowest BCUT2D eigenvalue weighted by atomic mass is 9.75. The molecule has 2 aliphatic rings. The Balaban J connectivity index is 1.88. The van der Waals surface area contributed by atoms with E-state index in [4.69, 9.17) is 4.74 Å². The van der Waals surface area contributed by atoms with Crippen molar-refractivity contribution in [3.8, 4) is 0 Å². The van der Waals surface area contributed by atoms with Gasteiger partial charge in [0.05, 0.1) is 13.0 Å². The number of methoxy groups -OCH3 is 1. The molecule has 1 heterocycles. The van der Waals surface area contributed by atoms with Gasteiger partial charge >= 0.3 is 5.97 Å². The van der Waals surface area contributed by atoms with Gasteiger partial charge in [0, 0.05) is 12.6 Å². The van der Waals surface area contributed by atoms with Gasteiger partial charge in [-0.2, -0.15) is 0 Å². The van der Waals surface area contributed by atoms with Crippen LogP contribution in [-0.4, -0.2) is 25.7 Å². The van der Waals surface area contributed by atoms with Crippen LogP contribution in [0, 0.1) is 11.8 Å². The van der Waals surface area contributed by atoms with Crippen molar-refractivity contribution in [2.45, 2.75) is 38.1 Å². The molecular formula is C11H19NO2. The molecule has 1 saturated carbocycles. The molecular weight excluding hydrogens is 178 g/mol. The van der Waals surface area contributed by atoms with Gasteiger partial charge in [-0.3, -0.25) is 4.79 Å². The second-order valence-electron chi connectivity index (χ2n) is 4.46. The molecule has 14 heavy (non-hydrogen) atoms. The van der Waals surface area contributed by atoms with E-state index in [9.17, 15) is 4.79 Å². The molecule has 0 spiro atoms. The van der Waals surface area contributed by atoms with Gasteiger partial charge in [-0.05, 0) is 18.8 Å². The monoisotopic (exact) mass is 197 g/mol. The summed E-state index contributed by atoms with van der Waals surface area (Å²) in [5, 5.41) is 3.38. The molecule has 2 fully saturated rings. The molecule has 2 atom stereocenters. The lowest BCUT2D eigenvalue weighted by molar-refractivity contribution is -0.150. The van der Waals surface area contributed by atoms with E-state index in [1.807, 2.05) is 0 Å². The largest absolute Gasteiger partial charge is 0.469 e. The van der Waals surface area contributed by atoms with E-state index in [0.29, 0.717) is 12.0 Å². The molecule has 0 radical (unpaired) electrons. The summed E-state index contributed by atoms with van der Waals surface area (Å²) in [6.45, 7) is 0.813. The molecule has 1 aliphatic heterocycles. The zero-order valence-corrected chi connectivity index (χ0v) is 8.79. The molecule has 0 aromatic carbocycles. The summed E-state index contributed by atoms with van der Waals surface area (Å²) in [6, 6.07) is 0.405. The van der Waals surface area contributed by atoms with E-state index in [1.165, 1.54) is 39.2 Å². The smallest absolute Gasteiger partial charge is 0.311 e. The fourth-order valence-electron chi connectivity index (χ4n) is 2.74. The van der Waals surface area contributed by atoms with Crippen molar-refractivity contribution in [1.29, 1.82) is 0 Å². The first-order chi connectivity index (χ1) is 6.83. The van der Waals surface area contributed by atoms with Crippen LogP contribution in [0.1, 0.15) is 32.1 Å². The number of hydrogen-bond donors (Lipinski definition) is 1. The molecule has 0 aromatic rings. The van der Waals surface area contributed by atoms with E-state index in [2.05, 4.69) is 5.32 Å². The SMILES string of the molecule is COC(=O)C1CNC1C1CCCCC1. The molecule has 0 amide bonds. The van der Waals surface area contributed by atoms with Gasteiger partial charge in [0.25, 0.3) is 0 Å². The third-order valence-corrected chi connectivity index (χ3v) is 3.67. The number of ether oxygens (including phenoxy) is 1. The van der Waals surface area contributed by atoms with E-state index in [0.717, 1.165) is 6.54 Å². The fraction of sp³-hybridized carbons (Fsp3) is 0.909. The second-order valence-corrected chi connectivity index (χ2v) is 4.46. The van der Waals surface area contributed by atoms with Crippen LogP contribution < -0.4 is 5.32 Å². The minimum absolute atomic E-state index is 0.0284. The molecule has 80 valence electrons. The van der Waals surface area contributed by atoms with Gasteiger partial charge in [0.1, 0.15) is 0 Å². The molecule has 1 aliphatic carbocycles. The molecule has 2 rings (SSSR count). The number of carbonyl (C=O) groups excluding carboxylic acids is 1. The summed E-state index contributed by atoms with van der Waals surface area (Å²) in [5.74, 6) is 0.809. The van der Waals surface area contributed by atoms with Crippen LogP contribution in [0.25, 0.3) is 0 Å². The second kappa shape index (κ2) is 4.30. The van der Waals surface area contributed by atoms with Gasteiger partial charge in [-0.15, -0.1) is 0 Å². The Morgan fingerprint density at radius 2 is 2.00 bits per heavy atom. The van der Waals surface area contributed by atoms with Crippen molar-refractivity contribution < 1.29 is 9.53 Å². The fourth-order valence-corrected chi connectivity index (χ4v) is 2.74. The van der Waals surface area contributed by atoms with E-state index >= 15 is 0 Å². The Labute approximate surface area is 85.2 Å². The third kappa shape index (κ3) is 1.78. The zero-order chi connectivity index (χ0) is 9.97. The van der Waals surface area contributed by atoms with Crippen LogP contribution in [0.15, 0.2) is 0 Å². The van der Waals surface area contributed by atoms with Crippen LogP contribution >= 0.6 is 0 Å². The number of nitrogens with one attached hydrogen (secondary N) is 1. The summed E-state index contributed by atoms with van der Waals surface area (Å²) >= 11 is 0. The lowest BCUT2D eigenvalue weighted by Crippen LogP contribution is -2.60. The highest BCUT2D eigenvalue weighted by molar-refractivity contribution is 5.74. The molecule has 0 bridgehead atoms. The molecule has 3 heteroatoms. The summed E-state index contributed by atoms with van der Waals surface area (Å²) < 4.78 is 4.80. The van der Waals surface area contributed by atoms with Crippen LogP contribution in [0.5, 0.6) is 0 Å². The Bertz CT molecular complexity index is 211. The van der Waals surface area contributed by atoms with E-state index in [-0.39, 0.29) is 11.9 Å². The third-order valence-electron chi connectivity index (χ3n) is 3.67. The first kappa shape index (κ1) is 9.97. The zero-order valence-electron chi connectivity index (χ0n) is 8.79. The van der Waals surface area contributed by atoms with Crippen molar-refractivity contribution in [2.75, 3.05) is 13.7 Å². The predicted octanol–water partition coefficient (Wildman–Crippen LogP) is 1.33. The highest BCUT2D eigenvalue weighted by Gasteiger charge is 2.41. The molecule has 0 aromatic heterocycles. The maximum absolute atomic E-state index is 11.4. The van der Waals surface area contributed by atoms with Gasteiger partial charge in [0.15, 0.2) is 0 Å². The van der Waals surface area contributed by atoms with Crippen LogP contribution in [0.2, 0.25) is 0 Å². The van der Waals surface area contributed by atoms with Gasteiger partial charge in [-0.25, -0.2) is 0 Å². The molecule has 1 saturated heterocycles. The summed E-state index contributed by atoms with van der Waals surface area (Å²) in [4.78, 5) is 11.4. The Kier molecular flexibility index (Phi) is 3.06.